The Morgan fingerprint density at radius 1 is 1.32 bits per heavy atom. The van der Waals surface area contributed by atoms with Crippen LogP contribution in [0.15, 0.2) is 24.3 Å². The standard InChI is InChI=1S/C13H17FN2O3/c1-9(2)16(8-7-12(17)18)13(19)15-11-5-3-10(14)4-6-11/h3-6,9H,7-8H2,1-2H3,(H,15,19)(H,17,18). The van der Waals surface area contributed by atoms with Crippen LogP contribution in [-0.4, -0.2) is 34.6 Å². The lowest BCUT2D eigenvalue weighted by molar-refractivity contribution is -0.137. The summed E-state index contributed by atoms with van der Waals surface area (Å²) >= 11 is 0. The Kier molecular flexibility index (Phi) is 5.29. The Bertz CT molecular complexity index is 446. The second-order valence-electron chi connectivity index (χ2n) is 4.37. The first-order chi connectivity index (χ1) is 8.90. The molecule has 0 aliphatic rings. The minimum absolute atomic E-state index is 0.116. The molecule has 2 N–H and O–H groups in total. The average molecular weight is 268 g/mol. The maximum absolute atomic E-state index is 12.7. The Morgan fingerprint density at radius 2 is 1.89 bits per heavy atom. The Balaban J connectivity index is 2.66. The third-order valence-corrected chi connectivity index (χ3v) is 2.55. The smallest absolute Gasteiger partial charge is 0.322 e. The van der Waals surface area contributed by atoms with E-state index in [0.717, 1.165) is 0 Å². The lowest BCUT2D eigenvalue weighted by Crippen LogP contribution is -2.41. The predicted molar refractivity (Wildman–Crippen MR) is 69.5 cm³/mol. The molecule has 104 valence electrons. The summed E-state index contributed by atoms with van der Waals surface area (Å²) < 4.78 is 12.7. The van der Waals surface area contributed by atoms with Crippen molar-refractivity contribution < 1.29 is 19.1 Å². The van der Waals surface area contributed by atoms with E-state index in [1.807, 2.05) is 0 Å². The van der Waals surface area contributed by atoms with Crippen LogP contribution < -0.4 is 5.32 Å². The van der Waals surface area contributed by atoms with E-state index in [0.29, 0.717) is 5.69 Å². The Labute approximate surface area is 111 Å². The molecule has 0 spiro atoms. The van der Waals surface area contributed by atoms with E-state index in [1.54, 1.807) is 13.8 Å². The summed E-state index contributed by atoms with van der Waals surface area (Å²) in [5.41, 5.74) is 0.465. The fourth-order valence-electron chi connectivity index (χ4n) is 1.54. The molecule has 0 aromatic heterocycles. The fourth-order valence-corrected chi connectivity index (χ4v) is 1.54. The van der Waals surface area contributed by atoms with Crippen molar-refractivity contribution in [3.8, 4) is 0 Å². The van der Waals surface area contributed by atoms with Gasteiger partial charge in [-0.2, -0.15) is 0 Å². The van der Waals surface area contributed by atoms with Crippen LogP contribution >= 0.6 is 0 Å². The molecule has 1 aromatic rings. The molecule has 6 heteroatoms. The number of carbonyl (C=O) groups excluding carboxylic acids is 1. The number of rotatable bonds is 5. The summed E-state index contributed by atoms with van der Waals surface area (Å²) in [7, 11) is 0. The number of nitrogens with zero attached hydrogens (tertiary/aromatic N) is 1. The highest BCUT2D eigenvalue weighted by atomic mass is 19.1. The molecular formula is C13H17FN2O3. The highest BCUT2D eigenvalue weighted by Crippen LogP contribution is 2.10. The minimum atomic E-state index is -0.958. The van der Waals surface area contributed by atoms with Crippen LogP contribution in [-0.2, 0) is 4.79 Å². The highest BCUT2D eigenvalue weighted by Gasteiger charge is 2.17. The van der Waals surface area contributed by atoms with Crippen molar-refractivity contribution in [1.82, 2.24) is 4.90 Å². The zero-order valence-electron chi connectivity index (χ0n) is 10.9. The number of carboxylic acids is 1. The van der Waals surface area contributed by atoms with Gasteiger partial charge >= 0.3 is 12.0 Å². The number of urea groups is 1. The molecule has 1 aromatic carbocycles. The van der Waals surface area contributed by atoms with E-state index >= 15 is 0 Å². The third-order valence-electron chi connectivity index (χ3n) is 2.55. The first-order valence-electron chi connectivity index (χ1n) is 5.95. The van der Waals surface area contributed by atoms with E-state index < -0.39 is 12.0 Å². The van der Waals surface area contributed by atoms with Crippen molar-refractivity contribution in [3.05, 3.63) is 30.1 Å². The third kappa shape index (κ3) is 4.95. The van der Waals surface area contributed by atoms with Gasteiger partial charge in [0.25, 0.3) is 0 Å². The molecule has 0 heterocycles. The van der Waals surface area contributed by atoms with Crippen LogP contribution in [0.5, 0.6) is 0 Å². The second-order valence-corrected chi connectivity index (χ2v) is 4.37. The molecule has 0 radical (unpaired) electrons. The summed E-state index contributed by atoms with van der Waals surface area (Å²) in [6.07, 6.45) is -0.116. The van der Waals surface area contributed by atoms with Crippen molar-refractivity contribution in [1.29, 1.82) is 0 Å². The van der Waals surface area contributed by atoms with E-state index in [2.05, 4.69) is 5.32 Å². The van der Waals surface area contributed by atoms with Gasteiger partial charge < -0.3 is 15.3 Å². The van der Waals surface area contributed by atoms with Gasteiger partial charge in [0, 0.05) is 18.3 Å². The maximum atomic E-state index is 12.7. The SMILES string of the molecule is CC(C)N(CCC(=O)O)C(=O)Nc1ccc(F)cc1. The van der Waals surface area contributed by atoms with E-state index in [4.69, 9.17) is 5.11 Å². The van der Waals surface area contributed by atoms with Crippen LogP contribution in [0.1, 0.15) is 20.3 Å². The number of benzene rings is 1. The molecule has 0 aliphatic carbocycles. The number of carbonyl (C=O) groups is 2. The van der Waals surface area contributed by atoms with Gasteiger partial charge in [0.2, 0.25) is 0 Å². The monoisotopic (exact) mass is 268 g/mol. The van der Waals surface area contributed by atoms with Crippen molar-refractivity contribution in [2.75, 3.05) is 11.9 Å². The van der Waals surface area contributed by atoms with E-state index in [1.165, 1.54) is 29.2 Å². The summed E-state index contributed by atoms with van der Waals surface area (Å²) in [5.74, 6) is -1.34. The summed E-state index contributed by atoms with van der Waals surface area (Å²) in [6.45, 7) is 3.72. The molecule has 0 aliphatic heterocycles. The molecule has 19 heavy (non-hydrogen) atoms. The molecule has 0 saturated carbocycles. The number of anilines is 1. The lowest BCUT2D eigenvalue weighted by Gasteiger charge is -2.26. The van der Waals surface area contributed by atoms with Crippen molar-refractivity contribution in [2.45, 2.75) is 26.3 Å². The van der Waals surface area contributed by atoms with Crippen LogP contribution in [0.3, 0.4) is 0 Å². The molecule has 2 amide bonds. The van der Waals surface area contributed by atoms with Gasteiger partial charge in [-0.05, 0) is 38.1 Å². The number of carboxylic acid groups (broad SMARTS) is 1. The molecule has 0 saturated heterocycles. The fraction of sp³-hybridized carbons (Fsp3) is 0.385. The molecule has 0 atom stereocenters. The van der Waals surface area contributed by atoms with Gasteiger partial charge in [0.15, 0.2) is 0 Å². The average Bonchev–Trinajstić information content (AvgIpc) is 2.31. The van der Waals surface area contributed by atoms with Gasteiger partial charge in [-0.1, -0.05) is 0 Å². The number of hydrogen-bond donors (Lipinski definition) is 2. The van der Waals surface area contributed by atoms with Gasteiger partial charge in [-0.25, -0.2) is 9.18 Å². The molecule has 5 nitrogen and oxygen atoms in total. The first-order valence-corrected chi connectivity index (χ1v) is 5.95. The number of nitrogens with one attached hydrogen (secondary N) is 1. The molecule has 0 fully saturated rings. The second kappa shape index (κ2) is 6.72. The number of amides is 2. The van der Waals surface area contributed by atoms with Gasteiger partial charge in [-0.3, -0.25) is 4.79 Å². The molecule has 1 rings (SSSR count). The van der Waals surface area contributed by atoms with Crippen molar-refractivity contribution in [2.24, 2.45) is 0 Å². The topological polar surface area (TPSA) is 69.6 Å². The van der Waals surface area contributed by atoms with E-state index in [-0.39, 0.29) is 24.8 Å². The first kappa shape index (κ1) is 14.9. The summed E-state index contributed by atoms with van der Waals surface area (Å²) in [5, 5.41) is 11.2. The Morgan fingerprint density at radius 3 is 2.37 bits per heavy atom. The maximum Gasteiger partial charge on any atom is 0.322 e. The van der Waals surface area contributed by atoms with Crippen molar-refractivity contribution >= 4 is 17.7 Å². The summed E-state index contributed by atoms with van der Waals surface area (Å²) in [6, 6.07) is 4.85. The van der Waals surface area contributed by atoms with Crippen LogP contribution in [0.2, 0.25) is 0 Å². The number of halogens is 1. The van der Waals surface area contributed by atoms with Gasteiger partial charge in [-0.15, -0.1) is 0 Å². The van der Waals surface area contributed by atoms with Crippen LogP contribution in [0.4, 0.5) is 14.9 Å². The molecule has 0 unspecified atom stereocenters. The van der Waals surface area contributed by atoms with Crippen LogP contribution in [0, 0.1) is 5.82 Å². The van der Waals surface area contributed by atoms with Crippen molar-refractivity contribution in [3.63, 3.8) is 0 Å². The quantitative estimate of drug-likeness (QED) is 0.862. The van der Waals surface area contributed by atoms with Gasteiger partial charge in [0.05, 0.1) is 6.42 Å². The molecular weight excluding hydrogens is 251 g/mol. The minimum Gasteiger partial charge on any atom is -0.481 e. The molecule has 0 bridgehead atoms. The van der Waals surface area contributed by atoms with E-state index in [9.17, 15) is 14.0 Å². The van der Waals surface area contributed by atoms with Gasteiger partial charge in [0.1, 0.15) is 5.82 Å². The lowest BCUT2D eigenvalue weighted by atomic mass is 10.3. The Hall–Kier alpha value is -2.11. The zero-order valence-corrected chi connectivity index (χ0v) is 10.9. The number of hydrogen-bond acceptors (Lipinski definition) is 2. The summed E-state index contributed by atoms with van der Waals surface area (Å²) in [4.78, 5) is 23.9. The highest BCUT2D eigenvalue weighted by molar-refractivity contribution is 5.89. The predicted octanol–water partition coefficient (Wildman–Crippen LogP) is 2.54. The van der Waals surface area contributed by atoms with Crippen LogP contribution in [0.25, 0.3) is 0 Å². The normalized spacial score (nSPS) is 10.3. The zero-order chi connectivity index (χ0) is 14.4. The number of aliphatic carboxylic acids is 1. The largest absolute Gasteiger partial charge is 0.481 e.